The maximum Gasteiger partial charge on any atom is 0.107 e. The van der Waals surface area contributed by atoms with Gasteiger partial charge in [0.2, 0.25) is 0 Å². The van der Waals surface area contributed by atoms with Gasteiger partial charge in [0.25, 0.3) is 0 Å². The van der Waals surface area contributed by atoms with Crippen LogP contribution >= 0.6 is 11.3 Å². The Morgan fingerprint density at radius 3 is 3.00 bits per heavy atom. The smallest absolute Gasteiger partial charge is 0.107 e. The standard InChI is InChI=1S/C14H25N3OS/c1-11-9-18-6-5-17(11)8-12-10-19-13(16-12)7-15-14(2,3)4/h10-11,15H,5-9H2,1-4H3. The fourth-order valence-corrected chi connectivity index (χ4v) is 2.77. The van der Waals surface area contributed by atoms with E-state index in [9.17, 15) is 0 Å². The van der Waals surface area contributed by atoms with Gasteiger partial charge in [-0.05, 0) is 27.7 Å². The van der Waals surface area contributed by atoms with Crippen LogP contribution in [0.25, 0.3) is 0 Å². The molecule has 1 aromatic heterocycles. The summed E-state index contributed by atoms with van der Waals surface area (Å²) in [7, 11) is 0. The van der Waals surface area contributed by atoms with Crippen LogP contribution < -0.4 is 5.32 Å². The second-order valence-corrected chi connectivity index (χ2v) is 7.17. The summed E-state index contributed by atoms with van der Waals surface area (Å²) in [5.41, 5.74) is 1.33. The van der Waals surface area contributed by atoms with Crippen LogP contribution in [0, 0.1) is 0 Å². The van der Waals surface area contributed by atoms with Crippen molar-refractivity contribution in [2.45, 2.75) is 52.4 Å². The van der Waals surface area contributed by atoms with E-state index in [2.05, 4.69) is 43.3 Å². The molecule has 2 rings (SSSR count). The van der Waals surface area contributed by atoms with Crippen molar-refractivity contribution >= 4 is 11.3 Å². The lowest BCUT2D eigenvalue weighted by Crippen LogP contribution is -2.43. The normalized spacial score (nSPS) is 21.8. The van der Waals surface area contributed by atoms with Crippen molar-refractivity contribution in [3.8, 4) is 0 Å². The first-order valence-corrected chi connectivity index (χ1v) is 7.82. The van der Waals surface area contributed by atoms with E-state index in [1.807, 2.05) is 0 Å². The minimum absolute atomic E-state index is 0.143. The van der Waals surface area contributed by atoms with Gasteiger partial charge in [-0.2, -0.15) is 0 Å². The monoisotopic (exact) mass is 283 g/mol. The zero-order valence-electron chi connectivity index (χ0n) is 12.4. The van der Waals surface area contributed by atoms with Gasteiger partial charge in [0.1, 0.15) is 5.01 Å². The van der Waals surface area contributed by atoms with Crippen LogP contribution in [0.2, 0.25) is 0 Å². The van der Waals surface area contributed by atoms with E-state index in [1.54, 1.807) is 11.3 Å². The van der Waals surface area contributed by atoms with Crippen LogP contribution in [0.5, 0.6) is 0 Å². The van der Waals surface area contributed by atoms with Crippen molar-refractivity contribution < 1.29 is 4.74 Å². The summed E-state index contributed by atoms with van der Waals surface area (Å²) in [5, 5.41) is 6.83. The Morgan fingerprint density at radius 2 is 2.32 bits per heavy atom. The number of hydrogen-bond donors (Lipinski definition) is 1. The van der Waals surface area contributed by atoms with Crippen molar-refractivity contribution in [1.82, 2.24) is 15.2 Å². The Kier molecular flexibility index (Phi) is 4.95. The van der Waals surface area contributed by atoms with Gasteiger partial charge < -0.3 is 10.1 Å². The number of morpholine rings is 1. The first kappa shape index (κ1) is 14.9. The average Bonchev–Trinajstić information content (AvgIpc) is 2.77. The molecule has 108 valence electrons. The molecule has 1 unspecified atom stereocenters. The summed E-state index contributed by atoms with van der Waals surface area (Å²) < 4.78 is 5.46. The van der Waals surface area contributed by atoms with Gasteiger partial charge in [-0.25, -0.2) is 4.98 Å². The minimum Gasteiger partial charge on any atom is -0.379 e. The highest BCUT2D eigenvalue weighted by atomic mass is 32.1. The fraction of sp³-hybridized carbons (Fsp3) is 0.786. The second-order valence-electron chi connectivity index (χ2n) is 6.23. The van der Waals surface area contributed by atoms with Crippen molar-refractivity contribution in [1.29, 1.82) is 0 Å². The Morgan fingerprint density at radius 1 is 1.53 bits per heavy atom. The lowest BCUT2D eigenvalue weighted by Gasteiger charge is -2.32. The first-order chi connectivity index (χ1) is 8.94. The number of ether oxygens (including phenoxy) is 1. The topological polar surface area (TPSA) is 37.4 Å². The predicted octanol–water partition coefficient (Wildman–Crippen LogP) is 2.25. The van der Waals surface area contributed by atoms with Gasteiger partial charge in [-0.3, -0.25) is 4.90 Å². The van der Waals surface area contributed by atoms with Crippen LogP contribution in [0.1, 0.15) is 38.4 Å². The SMILES string of the molecule is CC1COCCN1Cc1csc(CNC(C)(C)C)n1. The van der Waals surface area contributed by atoms with Crippen molar-refractivity contribution in [3.63, 3.8) is 0 Å². The van der Waals surface area contributed by atoms with E-state index in [1.165, 1.54) is 10.7 Å². The molecule has 0 spiro atoms. The molecule has 1 N–H and O–H groups in total. The molecule has 1 atom stereocenters. The molecule has 5 heteroatoms. The largest absolute Gasteiger partial charge is 0.379 e. The summed E-state index contributed by atoms with van der Waals surface area (Å²) in [4.78, 5) is 7.16. The van der Waals surface area contributed by atoms with E-state index in [-0.39, 0.29) is 5.54 Å². The average molecular weight is 283 g/mol. The Labute approximate surface area is 120 Å². The molecular formula is C14H25N3OS. The zero-order chi connectivity index (χ0) is 13.9. The van der Waals surface area contributed by atoms with Gasteiger partial charge in [0.05, 0.1) is 18.9 Å². The molecule has 1 saturated heterocycles. The van der Waals surface area contributed by atoms with Crippen molar-refractivity contribution in [2.75, 3.05) is 19.8 Å². The molecule has 0 aliphatic carbocycles. The van der Waals surface area contributed by atoms with E-state index in [4.69, 9.17) is 9.72 Å². The van der Waals surface area contributed by atoms with Crippen LogP contribution in [0.15, 0.2) is 5.38 Å². The Balaban J connectivity index is 1.86. The summed E-state index contributed by atoms with van der Waals surface area (Å²) in [6, 6.07) is 0.492. The molecule has 19 heavy (non-hydrogen) atoms. The molecule has 1 fully saturated rings. The zero-order valence-corrected chi connectivity index (χ0v) is 13.2. The number of nitrogens with zero attached hydrogens (tertiary/aromatic N) is 2. The molecule has 0 amide bonds. The van der Waals surface area contributed by atoms with Gasteiger partial charge in [-0.1, -0.05) is 0 Å². The van der Waals surface area contributed by atoms with E-state index >= 15 is 0 Å². The minimum atomic E-state index is 0.143. The summed E-state index contributed by atoms with van der Waals surface area (Å²) in [6.07, 6.45) is 0. The molecule has 0 aromatic carbocycles. The summed E-state index contributed by atoms with van der Waals surface area (Å²) >= 11 is 1.75. The molecule has 4 nitrogen and oxygen atoms in total. The van der Waals surface area contributed by atoms with Crippen LogP contribution in [-0.2, 0) is 17.8 Å². The molecule has 1 aliphatic rings. The van der Waals surface area contributed by atoms with E-state index < -0.39 is 0 Å². The maximum absolute atomic E-state index is 5.46. The highest BCUT2D eigenvalue weighted by molar-refractivity contribution is 7.09. The number of nitrogens with one attached hydrogen (secondary N) is 1. The maximum atomic E-state index is 5.46. The highest BCUT2D eigenvalue weighted by Gasteiger charge is 2.19. The molecule has 0 radical (unpaired) electrons. The number of aromatic nitrogens is 1. The molecule has 0 bridgehead atoms. The molecule has 1 aromatic rings. The van der Waals surface area contributed by atoms with Crippen LogP contribution in [0.4, 0.5) is 0 Å². The molecule has 1 aliphatic heterocycles. The Hall–Kier alpha value is -0.490. The third-order valence-electron chi connectivity index (χ3n) is 3.24. The van der Waals surface area contributed by atoms with E-state index in [0.717, 1.165) is 32.8 Å². The third kappa shape index (κ3) is 4.84. The number of thiazole rings is 1. The summed E-state index contributed by atoms with van der Waals surface area (Å²) in [5.74, 6) is 0. The predicted molar refractivity (Wildman–Crippen MR) is 79.4 cm³/mol. The molecule has 2 heterocycles. The van der Waals surface area contributed by atoms with Gasteiger partial charge in [-0.15, -0.1) is 11.3 Å². The van der Waals surface area contributed by atoms with Crippen LogP contribution in [-0.4, -0.2) is 41.2 Å². The van der Waals surface area contributed by atoms with Crippen molar-refractivity contribution in [3.05, 3.63) is 16.1 Å². The Bertz CT molecular complexity index is 400. The van der Waals surface area contributed by atoms with Gasteiger partial charge >= 0.3 is 0 Å². The molecule has 0 saturated carbocycles. The second kappa shape index (κ2) is 6.31. The highest BCUT2D eigenvalue weighted by Crippen LogP contribution is 2.15. The third-order valence-corrected chi connectivity index (χ3v) is 4.14. The quantitative estimate of drug-likeness (QED) is 0.919. The number of hydrogen-bond acceptors (Lipinski definition) is 5. The van der Waals surface area contributed by atoms with Gasteiger partial charge in [0.15, 0.2) is 0 Å². The number of rotatable bonds is 4. The fourth-order valence-electron chi connectivity index (χ4n) is 2.05. The first-order valence-electron chi connectivity index (χ1n) is 6.94. The summed E-state index contributed by atoms with van der Waals surface area (Å²) in [6.45, 7) is 13.2. The lowest BCUT2D eigenvalue weighted by molar-refractivity contribution is -0.00484. The lowest BCUT2D eigenvalue weighted by atomic mass is 10.1. The van der Waals surface area contributed by atoms with Gasteiger partial charge in [0, 0.05) is 36.6 Å². The van der Waals surface area contributed by atoms with E-state index in [0.29, 0.717) is 6.04 Å². The molecular weight excluding hydrogens is 258 g/mol. The van der Waals surface area contributed by atoms with Crippen molar-refractivity contribution in [2.24, 2.45) is 0 Å². The van der Waals surface area contributed by atoms with Crippen LogP contribution in [0.3, 0.4) is 0 Å².